The Kier molecular flexibility index (Phi) is 4.71. The number of amides is 3. The Morgan fingerprint density at radius 1 is 0.941 bits per heavy atom. The summed E-state index contributed by atoms with van der Waals surface area (Å²) in [5.41, 5.74) is 0.725. The molecule has 2 aromatic carbocycles. The second kappa shape index (κ2) is 7.56. The molecule has 0 bridgehead atoms. The SMILES string of the molecule is O=C1[C@H]2[C@@H](C(=O)N1C1CCCCC1)[C@]1(N[C@@H]2Cc2ccc(O)c(O)c2)C(=O)Nc2ccccc21. The molecule has 34 heavy (non-hydrogen) atoms. The number of para-hydroxylation sites is 1. The molecule has 0 radical (unpaired) electrons. The molecule has 3 fully saturated rings. The Hall–Kier alpha value is -3.39. The third kappa shape index (κ3) is 2.84. The van der Waals surface area contributed by atoms with Crippen molar-refractivity contribution in [3.05, 3.63) is 53.6 Å². The maximum Gasteiger partial charge on any atom is 0.250 e. The molecule has 3 aliphatic heterocycles. The number of rotatable bonds is 3. The second-order valence-corrected chi connectivity index (χ2v) is 9.93. The number of aromatic hydroxyl groups is 2. The van der Waals surface area contributed by atoms with Crippen LogP contribution in [0.1, 0.15) is 43.2 Å². The van der Waals surface area contributed by atoms with E-state index in [4.69, 9.17) is 0 Å². The highest BCUT2D eigenvalue weighted by atomic mass is 16.3. The van der Waals surface area contributed by atoms with Crippen LogP contribution in [0, 0.1) is 11.8 Å². The number of phenolic OH excluding ortho intramolecular Hbond substituents is 2. The van der Waals surface area contributed by atoms with Crippen molar-refractivity contribution < 1.29 is 24.6 Å². The quantitative estimate of drug-likeness (QED) is 0.412. The van der Waals surface area contributed by atoms with E-state index >= 15 is 0 Å². The van der Waals surface area contributed by atoms with Crippen molar-refractivity contribution in [1.29, 1.82) is 0 Å². The predicted molar refractivity (Wildman–Crippen MR) is 123 cm³/mol. The highest BCUT2D eigenvalue weighted by Gasteiger charge is 2.70. The van der Waals surface area contributed by atoms with Gasteiger partial charge in [-0.2, -0.15) is 0 Å². The number of nitrogens with one attached hydrogen (secondary N) is 2. The maximum atomic E-state index is 13.9. The van der Waals surface area contributed by atoms with Gasteiger partial charge in [0.05, 0.1) is 11.8 Å². The van der Waals surface area contributed by atoms with E-state index < -0.39 is 23.4 Å². The largest absolute Gasteiger partial charge is 0.504 e. The summed E-state index contributed by atoms with van der Waals surface area (Å²) in [6, 6.07) is 11.3. The average molecular weight is 462 g/mol. The van der Waals surface area contributed by atoms with E-state index in [9.17, 15) is 24.6 Å². The molecule has 8 nitrogen and oxygen atoms in total. The van der Waals surface area contributed by atoms with Crippen LogP contribution in [0.15, 0.2) is 42.5 Å². The van der Waals surface area contributed by atoms with E-state index in [2.05, 4.69) is 10.6 Å². The van der Waals surface area contributed by atoms with Crippen LogP contribution >= 0.6 is 0 Å². The molecule has 0 aromatic heterocycles. The van der Waals surface area contributed by atoms with Gasteiger partial charge in [0, 0.05) is 23.3 Å². The smallest absolute Gasteiger partial charge is 0.250 e. The van der Waals surface area contributed by atoms with Gasteiger partial charge < -0.3 is 15.5 Å². The lowest BCUT2D eigenvalue weighted by atomic mass is 9.76. The summed E-state index contributed by atoms with van der Waals surface area (Å²) in [7, 11) is 0. The summed E-state index contributed by atoms with van der Waals surface area (Å²) in [6.07, 6.45) is 5.00. The Balaban J connectivity index is 1.45. The number of hydrogen-bond donors (Lipinski definition) is 4. The standard InChI is InChI=1S/C26H27N3O5/c30-19-11-10-14(13-20(19)31)12-18-21-22(24(33)29(23(21)32)15-6-2-1-3-7-15)26(28-18)16-8-4-5-9-17(16)27-25(26)34/h4-5,8-11,13,15,18,21-22,28,30-31H,1-3,6-7,12H2,(H,27,34)/t18-,21-,22+,26+/m1/s1. The molecule has 3 heterocycles. The average Bonchev–Trinajstić information content (AvgIpc) is 3.41. The van der Waals surface area contributed by atoms with Crippen LogP contribution in [0.4, 0.5) is 5.69 Å². The van der Waals surface area contributed by atoms with Gasteiger partial charge in [-0.05, 0) is 43.0 Å². The fourth-order valence-corrected chi connectivity index (χ4v) is 6.60. The molecule has 3 amide bonds. The van der Waals surface area contributed by atoms with Gasteiger partial charge in [-0.25, -0.2) is 0 Å². The Labute approximate surface area is 197 Å². The fraction of sp³-hybridized carbons (Fsp3) is 0.423. The lowest BCUT2D eigenvalue weighted by Gasteiger charge is -2.34. The van der Waals surface area contributed by atoms with E-state index in [0.29, 0.717) is 23.2 Å². The first-order chi connectivity index (χ1) is 16.4. The molecule has 1 aliphatic carbocycles. The van der Waals surface area contributed by atoms with E-state index in [1.54, 1.807) is 6.07 Å². The van der Waals surface area contributed by atoms with Gasteiger partial charge in [-0.3, -0.25) is 24.6 Å². The molecule has 176 valence electrons. The van der Waals surface area contributed by atoms with Crippen LogP contribution in [0.3, 0.4) is 0 Å². The van der Waals surface area contributed by atoms with Crippen molar-refractivity contribution >= 4 is 23.4 Å². The Bertz CT molecular complexity index is 1210. The molecule has 4 aliphatic rings. The van der Waals surface area contributed by atoms with Crippen LogP contribution in [0.2, 0.25) is 0 Å². The first kappa shape index (κ1) is 21.2. The lowest BCUT2D eigenvalue weighted by Crippen LogP contribution is -2.54. The van der Waals surface area contributed by atoms with Crippen LogP contribution in [0.25, 0.3) is 0 Å². The van der Waals surface area contributed by atoms with Gasteiger partial charge in [0.25, 0.3) is 0 Å². The normalized spacial score (nSPS) is 30.6. The first-order valence-electron chi connectivity index (χ1n) is 12.0. The van der Waals surface area contributed by atoms with Crippen molar-refractivity contribution in [2.45, 2.75) is 56.1 Å². The van der Waals surface area contributed by atoms with E-state index in [-0.39, 0.29) is 35.3 Å². The summed E-state index contributed by atoms with van der Waals surface area (Å²) >= 11 is 0. The maximum absolute atomic E-state index is 13.9. The number of hydrogen-bond acceptors (Lipinski definition) is 6. The molecule has 1 spiro atoms. The first-order valence-corrected chi connectivity index (χ1v) is 12.0. The van der Waals surface area contributed by atoms with Gasteiger partial charge in [-0.1, -0.05) is 43.5 Å². The Morgan fingerprint density at radius 3 is 2.47 bits per heavy atom. The Morgan fingerprint density at radius 2 is 1.71 bits per heavy atom. The summed E-state index contributed by atoms with van der Waals surface area (Å²) in [5, 5.41) is 26.0. The molecule has 2 saturated heterocycles. The zero-order valence-electron chi connectivity index (χ0n) is 18.7. The van der Waals surface area contributed by atoms with Gasteiger partial charge in [0.15, 0.2) is 11.5 Å². The minimum Gasteiger partial charge on any atom is -0.504 e. The number of anilines is 1. The molecule has 2 aromatic rings. The number of benzene rings is 2. The van der Waals surface area contributed by atoms with Crippen LogP contribution in [0.5, 0.6) is 11.5 Å². The molecular formula is C26H27N3O5. The number of imide groups is 1. The van der Waals surface area contributed by atoms with Gasteiger partial charge >= 0.3 is 0 Å². The topological polar surface area (TPSA) is 119 Å². The third-order valence-electron chi connectivity index (χ3n) is 8.09. The van der Waals surface area contributed by atoms with Crippen molar-refractivity contribution in [3.63, 3.8) is 0 Å². The highest BCUT2D eigenvalue weighted by Crippen LogP contribution is 2.54. The second-order valence-electron chi connectivity index (χ2n) is 9.93. The fourth-order valence-electron chi connectivity index (χ4n) is 6.60. The summed E-state index contributed by atoms with van der Waals surface area (Å²) in [4.78, 5) is 42.7. The number of phenols is 2. The van der Waals surface area contributed by atoms with Crippen molar-refractivity contribution in [2.24, 2.45) is 11.8 Å². The predicted octanol–water partition coefficient (Wildman–Crippen LogP) is 2.39. The molecule has 0 unspecified atom stereocenters. The van der Waals surface area contributed by atoms with Gasteiger partial charge in [0.1, 0.15) is 5.54 Å². The van der Waals surface area contributed by atoms with Crippen molar-refractivity contribution in [2.75, 3.05) is 5.32 Å². The van der Waals surface area contributed by atoms with E-state index in [1.807, 2.05) is 24.3 Å². The number of carbonyl (C=O) groups excluding carboxylic acids is 3. The number of carbonyl (C=O) groups is 3. The highest BCUT2D eigenvalue weighted by molar-refractivity contribution is 6.15. The van der Waals surface area contributed by atoms with Crippen LogP contribution in [-0.2, 0) is 26.3 Å². The lowest BCUT2D eigenvalue weighted by molar-refractivity contribution is -0.146. The molecule has 6 rings (SSSR count). The zero-order valence-corrected chi connectivity index (χ0v) is 18.7. The molecule has 4 N–H and O–H groups in total. The number of nitrogens with zero attached hydrogens (tertiary/aromatic N) is 1. The number of likely N-dealkylation sites (tertiary alicyclic amines) is 1. The van der Waals surface area contributed by atoms with Gasteiger partial charge in [0.2, 0.25) is 17.7 Å². The van der Waals surface area contributed by atoms with E-state index in [1.165, 1.54) is 17.0 Å². The monoisotopic (exact) mass is 461 g/mol. The molecule has 8 heteroatoms. The molecule has 1 saturated carbocycles. The van der Waals surface area contributed by atoms with Crippen molar-refractivity contribution in [1.82, 2.24) is 10.2 Å². The van der Waals surface area contributed by atoms with Crippen LogP contribution in [-0.4, -0.2) is 44.9 Å². The number of fused-ring (bicyclic) bond motifs is 4. The summed E-state index contributed by atoms with van der Waals surface area (Å²) < 4.78 is 0. The van der Waals surface area contributed by atoms with Gasteiger partial charge in [-0.15, -0.1) is 0 Å². The molecular weight excluding hydrogens is 434 g/mol. The third-order valence-corrected chi connectivity index (χ3v) is 8.09. The summed E-state index contributed by atoms with van der Waals surface area (Å²) in [6.45, 7) is 0. The molecule has 4 atom stereocenters. The van der Waals surface area contributed by atoms with Crippen molar-refractivity contribution in [3.8, 4) is 11.5 Å². The minimum absolute atomic E-state index is 0.116. The minimum atomic E-state index is -1.32. The van der Waals surface area contributed by atoms with Crippen LogP contribution < -0.4 is 10.6 Å². The summed E-state index contributed by atoms with van der Waals surface area (Å²) in [5.74, 6) is -2.79. The van der Waals surface area contributed by atoms with E-state index in [0.717, 1.165) is 32.1 Å². The zero-order chi connectivity index (χ0) is 23.6.